The van der Waals surface area contributed by atoms with Gasteiger partial charge in [-0.3, -0.25) is 0 Å². The normalized spacial score (nSPS) is 12.1. The Morgan fingerprint density at radius 1 is 1.00 bits per heavy atom. The van der Waals surface area contributed by atoms with Crippen molar-refractivity contribution in [2.24, 2.45) is 5.73 Å². The van der Waals surface area contributed by atoms with Gasteiger partial charge in [0.1, 0.15) is 5.82 Å². The molecule has 0 aliphatic heterocycles. The van der Waals surface area contributed by atoms with Gasteiger partial charge >= 0.3 is 0 Å². The second kappa shape index (κ2) is 6.77. The number of nitrogens with two attached hydrogens (primary N) is 1. The van der Waals surface area contributed by atoms with E-state index in [4.69, 9.17) is 15.2 Å². The van der Waals surface area contributed by atoms with E-state index in [1.807, 2.05) is 0 Å². The molecule has 0 bridgehead atoms. The van der Waals surface area contributed by atoms with E-state index in [1.54, 1.807) is 32.4 Å². The van der Waals surface area contributed by atoms with E-state index in [1.165, 1.54) is 12.1 Å². The molecule has 2 aromatic carbocycles. The van der Waals surface area contributed by atoms with Crippen molar-refractivity contribution in [3.63, 3.8) is 0 Å². The third kappa shape index (κ3) is 3.56. The second-order valence-electron chi connectivity index (χ2n) is 4.41. The standard InChI is InChI=1S/C15H14Br2FNO2/c1-20-13-6-11(12(17)7-14(13)21-2)15(19)8-3-9(16)5-10(18)4-8/h3-7,15H,19H2,1-2H3. The molecule has 0 radical (unpaired) electrons. The molecule has 0 aromatic heterocycles. The van der Waals surface area contributed by atoms with Gasteiger partial charge in [0, 0.05) is 8.95 Å². The Kier molecular flexibility index (Phi) is 5.24. The van der Waals surface area contributed by atoms with Crippen molar-refractivity contribution in [2.75, 3.05) is 14.2 Å². The minimum Gasteiger partial charge on any atom is -0.493 e. The predicted molar refractivity (Wildman–Crippen MR) is 87.4 cm³/mol. The highest BCUT2D eigenvalue weighted by atomic mass is 79.9. The molecule has 0 fully saturated rings. The van der Waals surface area contributed by atoms with E-state index < -0.39 is 6.04 Å². The average Bonchev–Trinajstić information content (AvgIpc) is 2.45. The molecule has 0 amide bonds. The maximum Gasteiger partial charge on any atom is 0.161 e. The van der Waals surface area contributed by atoms with E-state index in [0.29, 0.717) is 21.5 Å². The Labute approximate surface area is 139 Å². The van der Waals surface area contributed by atoms with Gasteiger partial charge < -0.3 is 15.2 Å². The van der Waals surface area contributed by atoms with Crippen LogP contribution < -0.4 is 15.2 Å². The van der Waals surface area contributed by atoms with E-state index in [0.717, 1.165) is 10.0 Å². The van der Waals surface area contributed by atoms with E-state index in [2.05, 4.69) is 31.9 Å². The Balaban J connectivity index is 2.49. The molecule has 0 aliphatic carbocycles. The van der Waals surface area contributed by atoms with E-state index in [-0.39, 0.29) is 5.82 Å². The Bertz CT molecular complexity index is 644. The lowest BCUT2D eigenvalue weighted by Gasteiger charge is -2.18. The van der Waals surface area contributed by atoms with Crippen LogP contribution in [0.4, 0.5) is 4.39 Å². The molecule has 1 atom stereocenters. The molecule has 1 unspecified atom stereocenters. The van der Waals surface area contributed by atoms with Crippen molar-refractivity contribution in [1.29, 1.82) is 0 Å². The fraction of sp³-hybridized carbons (Fsp3) is 0.200. The number of halogens is 3. The minimum absolute atomic E-state index is 0.341. The molecule has 3 nitrogen and oxygen atoms in total. The molecule has 6 heteroatoms. The maximum absolute atomic E-state index is 13.5. The second-order valence-corrected chi connectivity index (χ2v) is 6.18. The quantitative estimate of drug-likeness (QED) is 0.799. The third-order valence-corrected chi connectivity index (χ3v) is 4.23. The van der Waals surface area contributed by atoms with Crippen molar-refractivity contribution in [3.05, 3.63) is 56.2 Å². The molecule has 0 aliphatic rings. The van der Waals surface area contributed by atoms with Crippen molar-refractivity contribution < 1.29 is 13.9 Å². The zero-order valence-corrected chi connectivity index (χ0v) is 14.7. The molecule has 21 heavy (non-hydrogen) atoms. The lowest BCUT2D eigenvalue weighted by molar-refractivity contribution is 0.354. The van der Waals surface area contributed by atoms with Gasteiger partial charge in [-0.1, -0.05) is 31.9 Å². The molecule has 2 N–H and O–H groups in total. The highest BCUT2D eigenvalue weighted by Gasteiger charge is 2.17. The topological polar surface area (TPSA) is 44.5 Å². The van der Waals surface area contributed by atoms with Crippen LogP contribution in [-0.2, 0) is 0 Å². The van der Waals surface area contributed by atoms with Crippen LogP contribution in [0.1, 0.15) is 17.2 Å². The molecule has 2 aromatic rings. The van der Waals surface area contributed by atoms with Crippen molar-refractivity contribution in [2.45, 2.75) is 6.04 Å². The van der Waals surface area contributed by atoms with Gasteiger partial charge in [0.05, 0.1) is 20.3 Å². The third-order valence-electron chi connectivity index (χ3n) is 3.08. The van der Waals surface area contributed by atoms with Crippen LogP contribution in [0, 0.1) is 5.82 Å². The maximum atomic E-state index is 13.5. The van der Waals surface area contributed by atoms with Crippen LogP contribution in [0.2, 0.25) is 0 Å². The van der Waals surface area contributed by atoms with Crippen LogP contribution in [0.25, 0.3) is 0 Å². The summed E-state index contributed by atoms with van der Waals surface area (Å²) in [5, 5.41) is 0. The fourth-order valence-electron chi connectivity index (χ4n) is 2.04. The molecular weight excluding hydrogens is 405 g/mol. The number of ether oxygens (including phenoxy) is 2. The predicted octanol–water partition coefficient (Wildman–Crippen LogP) is 4.42. The number of methoxy groups -OCH3 is 2. The molecule has 112 valence electrons. The lowest BCUT2D eigenvalue weighted by Crippen LogP contribution is -2.13. The highest BCUT2D eigenvalue weighted by molar-refractivity contribution is 9.10. The summed E-state index contributed by atoms with van der Waals surface area (Å²) < 4.78 is 25.5. The first-order valence-corrected chi connectivity index (χ1v) is 7.68. The number of hydrogen-bond acceptors (Lipinski definition) is 3. The number of hydrogen-bond donors (Lipinski definition) is 1. The molecule has 0 saturated carbocycles. The summed E-state index contributed by atoms with van der Waals surface area (Å²) >= 11 is 6.74. The first-order valence-electron chi connectivity index (χ1n) is 6.09. The van der Waals surface area contributed by atoms with E-state index in [9.17, 15) is 4.39 Å². The Morgan fingerprint density at radius 3 is 2.19 bits per heavy atom. The van der Waals surface area contributed by atoms with Gasteiger partial charge in [0.2, 0.25) is 0 Å². The number of rotatable bonds is 4. The minimum atomic E-state index is -0.494. The summed E-state index contributed by atoms with van der Waals surface area (Å²) in [5.74, 6) is 0.828. The summed E-state index contributed by atoms with van der Waals surface area (Å²) in [4.78, 5) is 0. The Hall–Kier alpha value is -1.11. The molecule has 0 spiro atoms. The van der Waals surface area contributed by atoms with Crippen LogP contribution in [0.15, 0.2) is 39.3 Å². The average molecular weight is 419 g/mol. The number of benzene rings is 2. The molecule has 0 saturated heterocycles. The molecular formula is C15H14Br2FNO2. The Morgan fingerprint density at radius 2 is 1.62 bits per heavy atom. The van der Waals surface area contributed by atoms with Crippen molar-refractivity contribution >= 4 is 31.9 Å². The van der Waals surface area contributed by atoms with Crippen molar-refractivity contribution in [1.82, 2.24) is 0 Å². The van der Waals surface area contributed by atoms with E-state index >= 15 is 0 Å². The van der Waals surface area contributed by atoms with Gasteiger partial charge in [-0.25, -0.2) is 4.39 Å². The molecule has 2 rings (SSSR count). The zero-order chi connectivity index (χ0) is 15.6. The molecule has 0 heterocycles. The van der Waals surface area contributed by atoms with Gasteiger partial charge in [0.25, 0.3) is 0 Å². The van der Waals surface area contributed by atoms with Crippen LogP contribution >= 0.6 is 31.9 Å². The van der Waals surface area contributed by atoms with Gasteiger partial charge in [-0.2, -0.15) is 0 Å². The first-order chi connectivity index (χ1) is 9.96. The summed E-state index contributed by atoms with van der Waals surface area (Å²) in [6.07, 6.45) is 0. The first kappa shape index (κ1) is 16.3. The van der Waals surface area contributed by atoms with Crippen LogP contribution in [-0.4, -0.2) is 14.2 Å². The highest BCUT2D eigenvalue weighted by Crippen LogP contribution is 2.37. The fourth-order valence-corrected chi connectivity index (χ4v) is 3.09. The van der Waals surface area contributed by atoms with Crippen molar-refractivity contribution in [3.8, 4) is 11.5 Å². The summed E-state index contributed by atoms with van der Waals surface area (Å²) in [5.41, 5.74) is 7.70. The SMILES string of the molecule is COc1cc(Br)c(C(N)c2cc(F)cc(Br)c2)cc1OC. The van der Waals surface area contributed by atoms with Gasteiger partial charge in [-0.15, -0.1) is 0 Å². The largest absolute Gasteiger partial charge is 0.493 e. The summed E-state index contributed by atoms with van der Waals surface area (Å²) in [6.45, 7) is 0. The summed E-state index contributed by atoms with van der Waals surface area (Å²) in [6, 6.07) is 7.66. The summed E-state index contributed by atoms with van der Waals surface area (Å²) in [7, 11) is 3.12. The van der Waals surface area contributed by atoms with Crippen LogP contribution in [0.3, 0.4) is 0 Å². The monoisotopic (exact) mass is 417 g/mol. The lowest BCUT2D eigenvalue weighted by atomic mass is 9.99. The van der Waals surface area contributed by atoms with Crippen LogP contribution in [0.5, 0.6) is 11.5 Å². The van der Waals surface area contributed by atoms with Gasteiger partial charge in [0.15, 0.2) is 11.5 Å². The zero-order valence-electron chi connectivity index (χ0n) is 11.5. The smallest absolute Gasteiger partial charge is 0.161 e. The van der Waals surface area contributed by atoms with Gasteiger partial charge in [-0.05, 0) is 41.5 Å².